The maximum absolute atomic E-state index is 11.2. The number of carboxylic acids is 1. The van der Waals surface area contributed by atoms with Gasteiger partial charge >= 0.3 is 5.97 Å². The number of aromatic nitrogens is 3. The number of carbonyl (C=O) groups is 1. The summed E-state index contributed by atoms with van der Waals surface area (Å²) in [7, 11) is 0. The third-order valence-electron chi connectivity index (χ3n) is 4.66. The first-order chi connectivity index (χ1) is 9.69. The molecule has 1 saturated heterocycles. The summed E-state index contributed by atoms with van der Waals surface area (Å²) in [6.45, 7) is 5.40. The third-order valence-corrected chi connectivity index (χ3v) is 4.66. The number of hydrogen-bond acceptors (Lipinski definition) is 4. The van der Waals surface area contributed by atoms with Crippen molar-refractivity contribution >= 4 is 5.97 Å². The van der Waals surface area contributed by atoms with Crippen molar-refractivity contribution in [2.45, 2.75) is 45.1 Å². The molecule has 6 nitrogen and oxygen atoms in total. The van der Waals surface area contributed by atoms with Crippen LogP contribution in [0.25, 0.3) is 0 Å². The number of aliphatic carboxylic acids is 1. The van der Waals surface area contributed by atoms with Crippen LogP contribution in [0.3, 0.4) is 0 Å². The van der Waals surface area contributed by atoms with Gasteiger partial charge in [0.1, 0.15) is 0 Å². The van der Waals surface area contributed by atoms with E-state index in [0.29, 0.717) is 18.9 Å². The van der Waals surface area contributed by atoms with E-state index < -0.39 is 5.97 Å². The van der Waals surface area contributed by atoms with E-state index in [0.717, 1.165) is 43.9 Å². The monoisotopic (exact) mass is 278 g/mol. The van der Waals surface area contributed by atoms with Gasteiger partial charge in [-0.05, 0) is 38.8 Å². The number of likely N-dealkylation sites (N-methyl/N-ethyl adjacent to an activating group) is 1. The van der Waals surface area contributed by atoms with Gasteiger partial charge in [-0.2, -0.15) is 0 Å². The molecule has 6 heteroatoms. The summed E-state index contributed by atoms with van der Waals surface area (Å²) in [6.07, 6.45) is 4.31. The number of hydrogen-bond donors (Lipinski definition) is 1. The zero-order valence-electron chi connectivity index (χ0n) is 12.0. The van der Waals surface area contributed by atoms with Gasteiger partial charge in [0.2, 0.25) is 0 Å². The number of fused-ring (bicyclic) bond motifs is 1. The molecule has 1 aliphatic carbocycles. The Morgan fingerprint density at radius 3 is 3.05 bits per heavy atom. The van der Waals surface area contributed by atoms with Crippen LogP contribution >= 0.6 is 0 Å². The first kappa shape index (κ1) is 13.5. The second-order valence-electron chi connectivity index (χ2n) is 5.89. The molecule has 2 unspecified atom stereocenters. The van der Waals surface area contributed by atoms with E-state index in [1.165, 1.54) is 6.42 Å². The second-order valence-corrected chi connectivity index (χ2v) is 5.89. The van der Waals surface area contributed by atoms with Gasteiger partial charge in [-0.15, -0.1) is 5.10 Å². The molecule has 20 heavy (non-hydrogen) atoms. The number of likely N-dealkylation sites (tertiary alicyclic amines) is 1. The standard InChI is InChI=1S/C14H22N4O2/c1-2-17-7-3-4-11(9-17)18-13-8-10(14(19)20)5-6-12(13)15-16-18/h10-11H,2-9H2,1H3,(H,19,20). The SMILES string of the molecule is CCN1CCCC(n2nnc3c2CC(C(=O)O)CC3)C1. The minimum absolute atomic E-state index is 0.273. The molecule has 1 fully saturated rings. The molecule has 0 aromatic carbocycles. The number of piperidine rings is 1. The number of carboxylic acid groups (broad SMARTS) is 1. The first-order valence-electron chi connectivity index (χ1n) is 7.57. The lowest BCUT2D eigenvalue weighted by atomic mass is 9.89. The van der Waals surface area contributed by atoms with Gasteiger partial charge in [0.15, 0.2) is 0 Å². The zero-order chi connectivity index (χ0) is 14.1. The molecule has 2 heterocycles. The summed E-state index contributed by atoms with van der Waals surface area (Å²) in [5, 5.41) is 17.8. The first-order valence-corrected chi connectivity index (χ1v) is 7.57. The summed E-state index contributed by atoms with van der Waals surface area (Å²) >= 11 is 0. The molecule has 0 saturated carbocycles. The van der Waals surface area contributed by atoms with Crippen LogP contribution in [-0.4, -0.2) is 50.6 Å². The van der Waals surface area contributed by atoms with E-state index >= 15 is 0 Å². The lowest BCUT2D eigenvalue weighted by molar-refractivity contribution is -0.142. The predicted octanol–water partition coefficient (Wildman–Crippen LogP) is 1.12. The van der Waals surface area contributed by atoms with Crippen molar-refractivity contribution in [3.63, 3.8) is 0 Å². The van der Waals surface area contributed by atoms with E-state index in [2.05, 4.69) is 22.1 Å². The quantitative estimate of drug-likeness (QED) is 0.897. The Kier molecular flexibility index (Phi) is 3.74. The van der Waals surface area contributed by atoms with Crippen LogP contribution in [0.1, 0.15) is 43.6 Å². The third kappa shape index (κ3) is 2.44. The van der Waals surface area contributed by atoms with Crippen molar-refractivity contribution in [1.29, 1.82) is 0 Å². The van der Waals surface area contributed by atoms with E-state index in [1.54, 1.807) is 0 Å². The van der Waals surface area contributed by atoms with Gasteiger partial charge in [-0.3, -0.25) is 4.79 Å². The van der Waals surface area contributed by atoms with Crippen LogP contribution in [0.5, 0.6) is 0 Å². The minimum atomic E-state index is -0.692. The molecule has 1 aliphatic heterocycles. The fourth-order valence-electron chi connectivity index (χ4n) is 3.42. The zero-order valence-corrected chi connectivity index (χ0v) is 12.0. The molecule has 110 valence electrons. The molecule has 0 spiro atoms. The Hall–Kier alpha value is -1.43. The molecule has 3 rings (SSSR count). The van der Waals surface area contributed by atoms with Gasteiger partial charge in [-0.1, -0.05) is 12.1 Å². The van der Waals surface area contributed by atoms with Gasteiger partial charge in [0.05, 0.1) is 23.3 Å². The molecule has 0 radical (unpaired) electrons. The molecular formula is C14H22N4O2. The van der Waals surface area contributed by atoms with Crippen molar-refractivity contribution in [3.05, 3.63) is 11.4 Å². The maximum atomic E-state index is 11.2. The summed E-state index contributed by atoms with van der Waals surface area (Å²) in [6, 6.07) is 0.354. The van der Waals surface area contributed by atoms with Crippen LogP contribution < -0.4 is 0 Å². The summed E-state index contributed by atoms with van der Waals surface area (Å²) in [4.78, 5) is 13.6. The Balaban J connectivity index is 1.81. The average Bonchev–Trinajstić information content (AvgIpc) is 2.90. The minimum Gasteiger partial charge on any atom is -0.481 e. The summed E-state index contributed by atoms with van der Waals surface area (Å²) < 4.78 is 2.02. The van der Waals surface area contributed by atoms with Crippen LogP contribution in [0.4, 0.5) is 0 Å². The fraction of sp³-hybridized carbons (Fsp3) is 0.786. The lowest BCUT2D eigenvalue weighted by Gasteiger charge is -2.33. The number of nitrogens with zero attached hydrogens (tertiary/aromatic N) is 4. The summed E-state index contributed by atoms with van der Waals surface area (Å²) in [5.41, 5.74) is 2.07. The van der Waals surface area contributed by atoms with Crippen molar-refractivity contribution in [2.75, 3.05) is 19.6 Å². The van der Waals surface area contributed by atoms with Crippen molar-refractivity contribution in [1.82, 2.24) is 19.9 Å². The van der Waals surface area contributed by atoms with Gasteiger partial charge < -0.3 is 10.0 Å². The van der Waals surface area contributed by atoms with Crippen LogP contribution in [0.2, 0.25) is 0 Å². The second kappa shape index (κ2) is 5.52. The molecule has 0 amide bonds. The maximum Gasteiger partial charge on any atom is 0.306 e. The Bertz CT molecular complexity index is 499. The topological polar surface area (TPSA) is 71.2 Å². The molecule has 2 aliphatic rings. The van der Waals surface area contributed by atoms with E-state index in [-0.39, 0.29) is 5.92 Å². The highest BCUT2D eigenvalue weighted by Gasteiger charge is 2.31. The Morgan fingerprint density at radius 2 is 2.30 bits per heavy atom. The molecule has 1 N–H and O–H groups in total. The van der Waals surface area contributed by atoms with Crippen LogP contribution in [0, 0.1) is 5.92 Å². The number of aryl methyl sites for hydroxylation is 1. The van der Waals surface area contributed by atoms with E-state index in [1.807, 2.05) is 4.68 Å². The highest BCUT2D eigenvalue weighted by Crippen LogP contribution is 2.29. The van der Waals surface area contributed by atoms with E-state index in [4.69, 9.17) is 0 Å². The van der Waals surface area contributed by atoms with Crippen molar-refractivity contribution < 1.29 is 9.90 Å². The van der Waals surface area contributed by atoms with Crippen molar-refractivity contribution in [2.24, 2.45) is 5.92 Å². The Labute approximate surface area is 118 Å². The van der Waals surface area contributed by atoms with Gasteiger partial charge in [0, 0.05) is 13.0 Å². The normalized spacial score (nSPS) is 27.2. The molecule has 0 bridgehead atoms. The van der Waals surface area contributed by atoms with E-state index in [9.17, 15) is 9.90 Å². The fourth-order valence-corrected chi connectivity index (χ4v) is 3.42. The number of rotatable bonds is 3. The Morgan fingerprint density at radius 1 is 1.45 bits per heavy atom. The van der Waals surface area contributed by atoms with Crippen molar-refractivity contribution in [3.8, 4) is 0 Å². The highest BCUT2D eigenvalue weighted by molar-refractivity contribution is 5.70. The highest BCUT2D eigenvalue weighted by atomic mass is 16.4. The van der Waals surface area contributed by atoms with Gasteiger partial charge in [-0.25, -0.2) is 4.68 Å². The summed E-state index contributed by atoms with van der Waals surface area (Å²) in [5.74, 6) is -0.965. The predicted molar refractivity (Wildman–Crippen MR) is 73.6 cm³/mol. The van der Waals surface area contributed by atoms with Crippen LogP contribution in [0.15, 0.2) is 0 Å². The molecular weight excluding hydrogens is 256 g/mol. The molecule has 2 atom stereocenters. The molecule has 1 aromatic heterocycles. The van der Waals surface area contributed by atoms with Crippen LogP contribution in [-0.2, 0) is 17.6 Å². The smallest absolute Gasteiger partial charge is 0.306 e. The van der Waals surface area contributed by atoms with Gasteiger partial charge in [0.25, 0.3) is 0 Å². The largest absolute Gasteiger partial charge is 0.481 e. The average molecular weight is 278 g/mol. The lowest BCUT2D eigenvalue weighted by Crippen LogP contribution is -2.37. The molecule has 1 aromatic rings.